The van der Waals surface area contributed by atoms with Crippen molar-refractivity contribution < 1.29 is 23.0 Å². The van der Waals surface area contributed by atoms with Gasteiger partial charge in [-0.3, -0.25) is 0 Å². The van der Waals surface area contributed by atoms with Gasteiger partial charge in [0, 0.05) is 6.07 Å². The fourth-order valence-corrected chi connectivity index (χ4v) is 2.00. The molecule has 21 heavy (non-hydrogen) atoms. The van der Waals surface area contributed by atoms with E-state index in [9.17, 15) is 13.6 Å². The predicted octanol–water partition coefficient (Wildman–Crippen LogP) is 2.80. The SMILES string of the molecule is CCC(C)OC(=O)N[C@@H](Cc1cc(F)cc(F)c1)[C@H]1CO1. The van der Waals surface area contributed by atoms with Crippen molar-refractivity contribution in [1.82, 2.24) is 5.32 Å². The molecule has 1 aromatic rings. The summed E-state index contributed by atoms with van der Waals surface area (Å²) in [6.45, 7) is 4.23. The highest BCUT2D eigenvalue weighted by molar-refractivity contribution is 5.68. The molecule has 0 spiro atoms. The van der Waals surface area contributed by atoms with Gasteiger partial charge in [-0.1, -0.05) is 6.92 Å². The zero-order chi connectivity index (χ0) is 15.4. The van der Waals surface area contributed by atoms with E-state index in [1.165, 1.54) is 12.1 Å². The predicted molar refractivity (Wildman–Crippen MR) is 73.0 cm³/mol. The van der Waals surface area contributed by atoms with Crippen LogP contribution in [0.3, 0.4) is 0 Å². The molecule has 1 heterocycles. The second-order valence-corrected chi connectivity index (χ2v) is 5.23. The third-order valence-corrected chi connectivity index (χ3v) is 3.37. The molecule has 1 N–H and O–H groups in total. The van der Waals surface area contributed by atoms with Crippen LogP contribution in [0.15, 0.2) is 18.2 Å². The summed E-state index contributed by atoms with van der Waals surface area (Å²) in [5, 5.41) is 2.70. The average Bonchev–Trinajstić information content (AvgIpc) is 3.20. The number of hydrogen-bond acceptors (Lipinski definition) is 3. The largest absolute Gasteiger partial charge is 0.447 e. The highest BCUT2D eigenvalue weighted by atomic mass is 19.1. The number of amides is 1. The second-order valence-electron chi connectivity index (χ2n) is 5.23. The Morgan fingerprint density at radius 3 is 2.57 bits per heavy atom. The summed E-state index contributed by atoms with van der Waals surface area (Å²) in [6, 6.07) is 2.96. The molecule has 0 radical (unpaired) electrons. The minimum absolute atomic E-state index is 0.138. The summed E-state index contributed by atoms with van der Waals surface area (Å²) in [5.74, 6) is -1.27. The number of carbonyl (C=O) groups excluding carboxylic acids is 1. The van der Waals surface area contributed by atoms with Crippen LogP contribution in [0.4, 0.5) is 13.6 Å². The fourth-order valence-electron chi connectivity index (χ4n) is 2.00. The summed E-state index contributed by atoms with van der Waals surface area (Å²) in [5.41, 5.74) is 0.469. The van der Waals surface area contributed by atoms with Gasteiger partial charge in [0.1, 0.15) is 23.8 Å². The molecular weight excluding hydrogens is 280 g/mol. The highest BCUT2D eigenvalue weighted by Crippen LogP contribution is 2.19. The van der Waals surface area contributed by atoms with Gasteiger partial charge < -0.3 is 14.8 Å². The molecule has 1 unspecified atom stereocenters. The third-order valence-electron chi connectivity index (χ3n) is 3.37. The maximum Gasteiger partial charge on any atom is 0.407 e. The number of alkyl carbamates (subject to hydrolysis) is 1. The highest BCUT2D eigenvalue weighted by Gasteiger charge is 2.34. The topological polar surface area (TPSA) is 50.9 Å². The van der Waals surface area contributed by atoms with Crippen LogP contribution < -0.4 is 5.32 Å². The van der Waals surface area contributed by atoms with E-state index in [1.807, 2.05) is 6.92 Å². The summed E-state index contributed by atoms with van der Waals surface area (Å²) in [7, 11) is 0. The maximum absolute atomic E-state index is 13.2. The molecule has 1 fully saturated rings. The van der Waals surface area contributed by atoms with Crippen molar-refractivity contribution in [2.24, 2.45) is 0 Å². The minimum Gasteiger partial charge on any atom is -0.447 e. The minimum atomic E-state index is -0.636. The summed E-state index contributed by atoms with van der Waals surface area (Å²) in [4.78, 5) is 11.7. The molecule has 1 saturated heterocycles. The third kappa shape index (κ3) is 4.97. The van der Waals surface area contributed by atoms with Crippen LogP contribution in [0.2, 0.25) is 0 Å². The van der Waals surface area contributed by atoms with Crippen LogP contribution in [-0.4, -0.2) is 30.9 Å². The number of halogens is 2. The zero-order valence-electron chi connectivity index (χ0n) is 12.1. The van der Waals surface area contributed by atoms with Crippen LogP contribution >= 0.6 is 0 Å². The monoisotopic (exact) mass is 299 g/mol. The van der Waals surface area contributed by atoms with Gasteiger partial charge in [-0.05, 0) is 37.5 Å². The molecule has 1 aliphatic rings. The van der Waals surface area contributed by atoms with Gasteiger partial charge in [0.05, 0.1) is 12.6 Å². The number of nitrogens with one attached hydrogen (secondary N) is 1. The van der Waals surface area contributed by atoms with Crippen molar-refractivity contribution >= 4 is 6.09 Å². The van der Waals surface area contributed by atoms with Crippen LogP contribution in [0.1, 0.15) is 25.8 Å². The Morgan fingerprint density at radius 2 is 2.05 bits per heavy atom. The Bertz CT molecular complexity index is 485. The molecule has 0 aliphatic carbocycles. The van der Waals surface area contributed by atoms with Gasteiger partial charge in [0.2, 0.25) is 0 Å². The Hall–Kier alpha value is -1.69. The first-order chi connectivity index (χ1) is 9.97. The maximum atomic E-state index is 13.2. The van der Waals surface area contributed by atoms with Gasteiger partial charge in [-0.2, -0.15) is 0 Å². The number of epoxide rings is 1. The Morgan fingerprint density at radius 1 is 1.43 bits per heavy atom. The molecule has 2 rings (SSSR count). The molecule has 1 aromatic carbocycles. The van der Waals surface area contributed by atoms with E-state index in [0.717, 1.165) is 6.07 Å². The van der Waals surface area contributed by atoms with Crippen LogP contribution in [0.25, 0.3) is 0 Å². The summed E-state index contributed by atoms with van der Waals surface area (Å²) >= 11 is 0. The van der Waals surface area contributed by atoms with E-state index in [1.54, 1.807) is 6.92 Å². The lowest BCUT2D eigenvalue weighted by Gasteiger charge is -2.18. The summed E-state index contributed by atoms with van der Waals surface area (Å²) in [6.07, 6.45) is 0.141. The van der Waals surface area contributed by atoms with E-state index >= 15 is 0 Å². The van der Waals surface area contributed by atoms with Gasteiger partial charge >= 0.3 is 6.09 Å². The number of hydrogen-bond donors (Lipinski definition) is 1. The fraction of sp³-hybridized carbons (Fsp3) is 0.533. The van der Waals surface area contributed by atoms with E-state index < -0.39 is 17.7 Å². The zero-order valence-corrected chi connectivity index (χ0v) is 12.1. The quantitative estimate of drug-likeness (QED) is 0.822. The summed E-state index contributed by atoms with van der Waals surface area (Å²) < 4.78 is 36.7. The van der Waals surface area contributed by atoms with E-state index in [4.69, 9.17) is 9.47 Å². The van der Waals surface area contributed by atoms with Crippen molar-refractivity contribution in [3.8, 4) is 0 Å². The lowest BCUT2D eigenvalue weighted by molar-refractivity contribution is 0.0999. The first-order valence-electron chi connectivity index (χ1n) is 7.01. The molecule has 116 valence electrons. The Labute approximate surface area is 122 Å². The van der Waals surface area contributed by atoms with Crippen LogP contribution in [-0.2, 0) is 15.9 Å². The lowest BCUT2D eigenvalue weighted by atomic mass is 10.0. The molecule has 0 aromatic heterocycles. The van der Waals surface area contributed by atoms with Crippen molar-refractivity contribution in [2.45, 2.75) is 44.9 Å². The molecule has 4 nitrogen and oxygen atoms in total. The van der Waals surface area contributed by atoms with E-state index in [2.05, 4.69) is 5.32 Å². The Balaban J connectivity index is 1.97. The molecule has 1 amide bonds. The van der Waals surface area contributed by atoms with Crippen molar-refractivity contribution in [3.05, 3.63) is 35.4 Å². The Kier molecular flexibility index (Phi) is 5.12. The van der Waals surface area contributed by atoms with Gasteiger partial charge in [-0.25, -0.2) is 13.6 Å². The standard InChI is InChI=1S/C15H19F2NO3/c1-3-9(2)21-15(19)18-13(14-8-20-14)6-10-4-11(16)7-12(17)5-10/h4-5,7,9,13-14H,3,6,8H2,1-2H3,(H,18,19)/t9?,13-,14+/m0/s1. The van der Waals surface area contributed by atoms with Gasteiger partial charge in [0.15, 0.2) is 0 Å². The van der Waals surface area contributed by atoms with Gasteiger partial charge in [0.25, 0.3) is 0 Å². The van der Waals surface area contributed by atoms with Crippen molar-refractivity contribution in [1.29, 1.82) is 0 Å². The number of ether oxygens (including phenoxy) is 2. The average molecular weight is 299 g/mol. The van der Waals surface area contributed by atoms with E-state index in [0.29, 0.717) is 18.6 Å². The molecule has 1 aliphatic heterocycles. The van der Waals surface area contributed by atoms with Crippen LogP contribution in [0, 0.1) is 11.6 Å². The lowest BCUT2D eigenvalue weighted by Crippen LogP contribution is -2.41. The van der Waals surface area contributed by atoms with Gasteiger partial charge in [-0.15, -0.1) is 0 Å². The second kappa shape index (κ2) is 6.85. The molecular formula is C15H19F2NO3. The molecule has 0 bridgehead atoms. The van der Waals surface area contributed by atoms with Crippen LogP contribution in [0.5, 0.6) is 0 Å². The van der Waals surface area contributed by atoms with Crippen molar-refractivity contribution in [3.63, 3.8) is 0 Å². The molecule has 3 atom stereocenters. The molecule has 0 saturated carbocycles. The number of rotatable bonds is 6. The smallest absolute Gasteiger partial charge is 0.407 e. The number of benzene rings is 1. The first-order valence-corrected chi connectivity index (χ1v) is 7.01. The normalized spacial score (nSPS) is 19.7. The van der Waals surface area contributed by atoms with E-state index in [-0.39, 0.29) is 24.7 Å². The molecule has 6 heteroatoms. The van der Waals surface area contributed by atoms with Crippen molar-refractivity contribution in [2.75, 3.05) is 6.61 Å². The number of carbonyl (C=O) groups is 1. The first kappa shape index (κ1) is 15.7.